The van der Waals surface area contributed by atoms with Crippen molar-refractivity contribution in [2.75, 3.05) is 18.9 Å². The number of nitrogens with one attached hydrogen (secondary N) is 1. The highest BCUT2D eigenvalue weighted by molar-refractivity contribution is 6.30. The number of fused-ring (bicyclic) bond motifs is 1. The summed E-state index contributed by atoms with van der Waals surface area (Å²) in [6.07, 6.45) is 0.188. The van der Waals surface area contributed by atoms with Gasteiger partial charge in [0.2, 0.25) is 5.91 Å². The van der Waals surface area contributed by atoms with Crippen molar-refractivity contribution >= 4 is 23.2 Å². The van der Waals surface area contributed by atoms with E-state index in [2.05, 4.69) is 5.32 Å². The lowest BCUT2D eigenvalue weighted by Crippen LogP contribution is -2.40. The Morgan fingerprint density at radius 3 is 2.83 bits per heavy atom. The minimum atomic E-state index is -0.560. The predicted molar refractivity (Wildman–Crippen MR) is 91.6 cm³/mol. The van der Waals surface area contributed by atoms with Crippen molar-refractivity contribution in [3.8, 4) is 0 Å². The molecule has 5 heteroatoms. The van der Waals surface area contributed by atoms with Crippen LogP contribution in [-0.2, 0) is 11.2 Å². The zero-order valence-corrected chi connectivity index (χ0v) is 13.6. The molecule has 1 aliphatic rings. The zero-order valence-electron chi connectivity index (χ0n) is 12.9. The monoisotopic (exact) mass is 330 g/mol. The average Bonchev–Trinajstić information content (AvgIpc) is 2.85. The number of amides is 1. The van der Waals surface area contributed by atoms with Crippen LogP contribution in [0.2, 0.25) is 5.02 Å². The van der Waals surface area contributed by atoms with Crippen LogP contribution >= 0.6 is 11.6 Å². The lowest BCUT2D eigenvalue weighted by Gasteiger charge is -2.26. The van der Waals surface area contributed by atoms with Gasteiger partial charge in [0.05, 0.1) is 12.6 Å². The third-order valence-corrected chi connectivity index (χ3v) is 4.47. The van der Waals surface area contributed by atoms with Gasteiger partial charge in [-0.25, -0.2) is 0 Å². The minimum absolute atomic E-state index is 0.0856. The lowest BCUT2D eigenvalue weighted by atomic mass is 10.1. The molecule has 2 N–H and O–H groups in total. The van der Waals surface area contributed by atoms with Crippen LogP contribution in [0.5, 0.6) is 0 Å². The Balaban J connectivity index is 1.61. The topological polar surface area (TPSA) is 52.6 Å². The fourth-order valence-electron chi connectivity index (χ4n) is 3.06. The van der Waals surface area contributed by atoms with Crippen molar-refractivity contribution < 1.29 is 9.90 Å². The maximum atomic E-state index is 12.2. The van der Waals surface area contributed by atoms with Crippen molar-refractivity contribution in [3.05, 3.63) is 64.7 Å². The SMILES string of the molecule is CN(CC(=O)Nc1cccc(Cl)c1)C1Cc2ccccc2C1O. The number of halogens is 1. The molecule has 0 heterocycles. The molecule has 2 aromatic rings. The first kappa shape index (κ1) is 16.0. The largest absolute Gasteiger partial charge is 0.387 e. The molecule has 4 nitrogen and oxygen atoms in total. The van der Waals surface area contributed by atoms with E-state index in [9.17, 15) is 9.90 Å². The van der Waals surface area contributed by atoms with Gasteiger partial charge < -0.3 is 10.4 Å². The number of aliphatic hydroxyl groups excluding tert-OH is 1. The molecule has 23 heavy (non-hydrogen) atoms. The highest BCUT2D eigenvalue weighted by Crippen LogP contribution is 2.33. The Morgan fingerprint density at radius 1 is 1.30 bits per heavy atom. The molecule has 0 saturated carbocycles. The van der Waals surface area contributed by atoms with E-state index in [1.807, 2.05) is 36.2 Å². The number of carbonyl (C=O) groups excluding carboxylic acids is 1. The molecule has 120 valence electrons. The van der Waals surface area contributed by atoms with Gasteiger partial charge in [0.15, 0.2) is 0 Å². The van der Waals surface area contributed by atoms with E-state index in [0.717, 1.165) is 17.5 Å². The molecule has 0 saturated heterocycles. The molecular weight excluding hydrogens is 312 g/mol. The van der Waals surface area contributed by atoms with Gasteiger partial charge in [-0.15, -0.1) is 0 Å². The molecular formula is C18H19ClN2O2. The molecule has 0 radical (unpaired) electrons. The Morgan fingerprint density at radius 2 is 2.09 bits per heavy atom. The summed E-state index contributed by atoms with van der Waals surface area (Å²) in [5, 5.41) is 13.9. The van der Waals surface area contributed by atoms with Crippen molar-refractivity contribution in [2.24, 2.45) is 0 Å². The number of hydrogen-bond acceptors (Lipinski definition) is 3. The number of carbonyl (C=O) groups is 1. The fourth-order valence-corrected chi connectivity index (χ4v) is 3.25. The second-order valence-corrected chi connectivity index (χ2v) is 6.33. The Labute approximate surface area is 140 Å². The number of nitrogens with zero attached hydrogens (tertiary/aromatic N) is 1. The standard InChI is InChI=1S/C18H19ClN2O2/c1-21(11-17(22)20-14-7-4-6-13(19)10-14)16-9-12-5-2-3-8-15(12)18(16)23/h2-8,10,16,18,23H,9,11H2,1H3,(H,20,22). The van der Waals surface area contributed by atoms with Gasteiger partial charge in [0, 0.05) is 16.8 Å². The van der Waals surface area contributed by atoms with E-state index < -0.39 is 6.10 Å². The molecule has 0 fully saturated rings. The lowest BCUT2D eigenvalue weighted by molar-refractivity contribution is -0.117. The van der Waals surface area contributed by atoms with E-state index in [1.165, 1.54) is 0 Å². The van der Waals surface area contributed by atoms with Crippen LogP contribution in [0.1, 0.15) is 17.2 Å². The van der Waals surface area contributed by atoms with Crippen molar-refractivity contribution in [3.63, 3.8) is 0 Å². The maximum absolute atomic E-state index is 12.2. The second kappa shape index (κ2) is 6.71. The van der Waals surface area contributed by atoms with Crippen molar-refractivity contribution in [1.82, 2.24) is 4.90 Å². The van der Waals surface area contributed by atoms with Crippen LogP contribution in [0.4, 0.5) is 5.69 Å². The maximum Gasteiger partial charge on any atom is 0.238 e. The molecule has 3 rings (SSSR count). The Kier molecular flexibility index (Phi) is 4.66. The predicted octanol–water partition coefficient (Wildman–Crippen LogP) is 2.87. The molecule has 0 spiro atoms. The highest BCUT2D eigenvalue weighted by atomic mass is 35.5. The highest BCUT2D eigenvalue weighted by Gasteiger charge is 2.33. The molecule has 2 unspecified atom stereocenters. The summed E-state index contributed by atoms with van der Waals surface area (Å²) in [6.45, 7) is 0.211. The molecule has 2 atom stereocenters. The van der Waals surface area contributed by atoms with Gasteiger partial charge in [-0.1, -0.05) is 41.9 Å². The summed E-state index contributed by atoms with van der Waals surface area (Å²) in [4.78, 5) is 14.1. The van der Waals surface area contributed by atoms with E-state index in [4.69, 9.17) is 11.6 Å². The summed E-state index contributed by atoms with van der Waals surface area (Å²) < 4.78 is 0. The van der Waals surface area contributed by atoms with Gasteiger partial charge >= 0.3 is 0 Å². The number of anilines is 1. The molecule has 0 aromatic heterocycles. The van der Waals surface area contributed by atoms with Gasteiger partial charge in [-0.3, -0.25) is 9.69 Å². The van der Waals surface area contributed by atoms with Crippen LogP contribution in [0, 0.1) is 0 Å². The normalized spacial score (nSPS) is 19.7. The number of likely N-dealkylation sites (N-methyl/N-ethyl adjacent to an activating group) is 1. The van der Waals surface area contributed by atoms with Crippen LogP contribution in [0.3, 0.4) is 0 Å². The van der Waals surface area contributed by atoms with E-state index in [-0.39, 0.29) is 18.5 Å². The van der Waals surface area contributed by atoms with Crippen LogP contribution in [0.15, 0.2) is 48.5 Å². The summed E-state index contributed by atoms with van der Waals surface area (Å²) >= 11 is 5.91. The van der Waals surface area contributed by atoms with Crippen molar-refractivity contribution in [1.29, 1.82) is 0 Å². The third kappa shape index (κ3) is 3.55. The quantitative estimate of drug-likeness (QED) is 0.906. The van der Waals surface area contributed by atoms with E-state index >= 15 is 0 Å². The van der Waals surface area contributed by atoms with E-state index in [1.54, 1.807) is 24.3 Å². The number of rotatable bonds is 4. The molecule has 0 aliphatic heterocycles. The fraction of sp³-hybridized carbons (Fsp3) is 0.278. The first-order valence-corrected chi connectivity index (χ1v) is 7.94. The van der Waals surface area contributed by atoms with Gasteiger partial charge in [0.1, 0.15) is 0 Å². The van der Waals surface area contributed by atoms with Crippen LogP contribution < -0.4 is 5.32 Å². The molecule has 0 bridgehead atoms. The third-order valence-electron chi connectivity index (χ3n) is 4.23. The van der Waals surface area contributed by atoms with Gasteiger partial charge in [-0.2, -0.15) is 0 Å². The smallest absolute Gasteiger partial charge is 0.238 e. The summed E-state index contributed by atoms with van der Waals surface area (Å²) in [5.41, 5.74) is 2.78. The number of aliphatic hydroxyl groups is 1. The molecule has 1 aliphatic carbocycles. The van der Waals surface area contributed by atoms with Crippen molar-refractivity contribution in [2.45, 2.75) is 18.6 Å². The van der Waals surface area contributed by atoms with Gasteiger partial charge in [0.25, 0.3) is 0 Å². The first-order valence-electron chi connectivity index (χ1n) is 7.56. The zero-order chi connectivity index (χ0) is 16.4. The Hall–Kier alpha value is -1.88. The summed E-state index contributed by atoms with van der Waals surface area (Å²) in [6, 6.07) is 14.8. The second-order valence-electron chi connectivity index (χ2n) is 5.89. The Bertz CT molecular complexity index is 720. The number of benzene rings is 2. The summed E-state index contributed by atoms with van der Waals surface area (Å²) in [5.74, 6) is -0.127. The van der Waals surface area contributed by atoms with Crippen LogP contribution in [-0.4, -0.2) is 35.5 Å². The minimum Gasteiger partial charge on any atom is -0.387 e. The number of hydrogen-bond donors (Lipinski definition) is 2. The van der Waals surface area contributed by atoms with E-state index in [0.29, 0.717) is 10.7 Å². The van der Waals surface area contributed by atoms with Gasteiger partial charge in [-0.05, 0) is 42.8 Å². The average molecular weight is 331 g/mol. The summed E-state index contributed by atoms with van der Waals surface area (Å²) in [7, 11) is 1.86. The van der Waals surface area contributed by atoms with Crippen LogP contribution in [0.25, 0.3) is 0 Å². The molecule has 1 amide bonds. The first-order chi connectivity index (χ1) is 11.0. The molecule has 2 aromatic carbocycles.